The van der Waals surface area contributed by atoms with Gasteiger partial charge in [0, 0.05) is 11.8 Å². The molecule has 0 fully saturated rings. The second-order valence-corrected chi connectivity index (χ2v) is 11.0. The normalized spacial score (nSPS) is 13.0. The van der Waals surface area contributed by atoms with E-state index in [1.165, 1.54) is 22.3 Å². The average Bonchev–Trinajstić information content (AvgIpc) is 2.79. The third-order valence-electron chi connectivity index (χ3n) is 7.56. The van der Waals surface area contributed by atoms with E-state index in [9.17, 15) is 9.90 Å². The Morgan fingerprint density at radius 3 is 2.06 bits per heavy atom. The van der Waals surface area contributed by atoms with Crippen molar-refractivity contribution in [3.63, 3.8) is 0 Å². The lowest BCUT2D eigenvalue weighted by molar-refractivity contribution is -0.137. The van der Waals surface area contributed by atoms with Gasteiger partial charge in [0.05, 0.1) is 12.7 Å². The zero-order valence-corrected chi connectivity index (χ0v) is 22.9. The van der Waals surface area contributed by atoms with Crippen LogP contribution in [0, 0.1) is 19.3 Å². The Kier molecular flexibility index (Phi) is 10.4. The molecule has 1 unspecified atom stereocenters. The molecule has 0 radical (unpaired) electrons. The summed E-state index contributed by atoms with van der Waals surface area (Å²) in [7, 11) is 0. The van der Waals surface area contributed by atoms with E-state index in [4.69, 9.17) is 9.84 Å². The first kappa shape index (κ1) is 28.9. The maximum atomic E-state index is 10.7. The Balaban J connectivity index is 2.21. The molecule has 0 aliphatic rings. The van der Waals surface area contributed by atoms with Crippen LogP contribution in [0.4, 0.5) is 0 Å². The number of aryl methyl sites for hydroxylation is 3. The molecule has 0 saturated carbocycles. The lowest BCUT2D eigenvalue weighted by Gasteiger charge is -2.34. The van der Waals surface area contributed by atoms with E-state index < -0.39 is 5.97 Å². The highest BCUT2D eigenvalue weighted by molar-refractivity contribution is 5.66. The third-order valence-corrected chi connectivity index (χ3v) is 7.56. The average molecular weight is 483 g/mol. The number of hydrogen-bond donors (Lipinski definition) is 2. The molecule has 0 aromatic heterocycles. The Labute approximate surface area is 212 Å². The Morgan fingerprint density at radius 1 is 0.943 bits per heavy atom. The molecule has 0 spiro atoms. The highest BCUT2D eigenvalue weighted by Crippen LogP contribution is 2.41. The van der Waals surface area contributed by atoms with Crippen molar-refractivity contribution in [3.8, 4) is 5.75 Å². The molecule has 2 aromatic rings. The number of aliphatic hydroxyl groups excluding tert-OH is 1. The van der Waals surface area contributed by atoms with Crippen molar-refractivity contribution in [1.29, 1.82) is 0 Å². The summed E-state index contributed by atoms with van der Waals surface area (Å²) in [6, 6.07) is 13.4. The van der Waals surface area contributed by atoms with E-state index in [2.05, 4.69) is 84.9 Å². The molecule has 0 aliphatic heterocycles. The Hall–Kier alpha value is -2.33. The van der Waals surface area contributed by atoms with Gasteiger partial charge < -0.3 is 14.9 Å². The highest BCUT2D eigenvalue weighted by Gasteiger charge is 2.31. The number of aliphatic hydroxyl groups is 1. The van der Waals surface area contributed by atoms with E-state index in [0.29, 0.717) is 13.0 Å². The maximum Gasteiger partial charge on any atom is 0.303 e. The van der Waals surface area contributed by atoms with Crippen molar-refractivity contribution >= 4 is 5.97 Å². The van der Waals surface area contributed by atoms with Gasteiger partial charge in [-0.3, -0.25) is 4.79 Å². The standard InChI is InChI=1S/C31H46O4/c1-8-31(9-2,25-15-13-24(22(3)20-25)14-18-28(32)30(5,6)7)26-16-17-27(23(4)21-26)35-19-11-10-12-29(33)34/h13,15-17,20-21,28,32H,8-12,14,18-19H2,1-7H3,(H,33,34). The minimum atomic E-state index is -0.758. The van der Waals surface area contributed by atoms with Gasteiger partial charge in [-0.1, -0.05) is 65.0 Å². The van der Waals surface area contributed by atoms with E-state index in [-0.39, 0.29) is 23.4 Å². The van der Waals surface area contributed by atoms with Crippen molar-refractivity contribution in [1.82, 2.24) is 0 Å². The van der Waals surface area contributed by atoms with Crippen LogP contribution in [-0.4, -0.2) is 28.9 Å². The third kappa shape index (κ3) is 7.57. The van der Waals surface area contributed by atoms with Crippen molar-refractivity contribution in [3.05, 3.63) is 64.2 Å². The summed E-state index contributed by atoms with van der Waals surface area (Å²) in [5, 5.41) is 19.2. The maximum absolute atomic E-state index is 10.7. The van der Waals surface area contributed by atoms with Crippen LogP contribution in [0.3, 0.4) is 0 Å². The summed E-state index contributed by atoms with van der Waals surface area (Å²) in [6.45, 7) is 15.6. The summed E-state index contributed by atoms with van der Waals surface area (Å²) in [4.78, 5) is 10.7. The number of carboxylic acid groups (broad SMARTS) is 1. The molecular formula is C31H46O4. The quantitative estimate of drug-likeness (QED) is 0.292. The number of carboxylic acids is 1. The van der Waals surface area contributed by atoms with Gasteiger partial charge in [-0.05, 0) is 91.7 Å². The number of rotatable bonds is 13. The van der Waals surface area contributed by atoms with Gasteiger partial charge in [0.2, 0.25) is 0 Å². The Morgan fingerprint density at radius 2 is 1.54 bits per heavy atom. The number of unbranched alkanes of at least 4 members (excludes halogenated alkanes) is 1. The number of benzene rings is 2. The largest absolute Gasteiger partial charge is 0.493 e. The van der Waals surface area contributed by atoms with Gasteiger partial charge in [0.1, 0.15) is 5.75 Å². The molecule has 0 aliphatic carbocycles. The zero-order chi connectivity index (χ0) is 26.2. The minimum Gasteiger partial charge on any atom is -0.493 e. The second-order valence-electron chi connectivity index (χ2n) is 11.0. The fourth-order valence-electron chi connectivity index (χ4n) is 4.90. The van der Waals surface area contributed by atoms with E-state index in [0.717, 1.165) is 43.4 Å². The lowest BCUT2D eigenvalue weighted by Crippen LogP contribution is -2.27. The molecule has 0 saturated heterocycles. The van der Waals surface area contributed by atoms with Crippen LogP contribution >= 0.6 is 0 Å². The number of hydrogen-bond acceptors (Lipinski definition) is 3. The van der Waals surface area contributed by atoms with E-state index in [1.807, 2.05) is 0 Å². The van der Waals surface area contributed by atoms with Crippen LogP contribution in [0.1, 0.15) is 101 Å². The predicted octanol–water partition coefficient (Wildman–Crippen LogP) is 7.38. The first-order valence-corrected chi connectivity index (χ1v) is 13.2. The van der Waals surface area contributed by atoms with Gasteiger partial charge in [0.25, 0.3) is 0 Å². The molecule has 1 atom stereocenters. The van der Waals surface area contributed by atoms with Crippen molar-refractivity contribution in [2.75, 3.05) is 6.61 Å². The fraction of sp³-hybridized carbons (Fsp3) is 0.581. The van der Waals surface area contributed by atoms with Crippen LogP contribution in [0.25, 0.3) is 0 Å². The van der Waals surface area contributed by atoms with E-state index >= 15 is 0 Å². The highest BCUT2D eigenvalue weighted by atomic mass is 16.5. The fourth-order valence-corrected chi connectivity index (χ4v) is 4.90. The molecule has 2 rings (SSSR count). The summed E-state index contributed by atoms with van der Waals surface area (Å²) in [6.07, 6.45) is 4.89. The first-order chi connectivity index (χ1) is 16.4. The predicted molar refractivity (Wildman–Crippen MR) is 144 cm³/mol. The molecule has 35 heavy (non-hydrogen) atoms. The van der Waals surface area contributed by atoms with Crippen LogP contribution in [0.15, 0.2) is 36.4 Å². The summed E-state index contributed by atoms with van der Waals surface area (Å²) in [5.74, 6) is 0.112. The molecule has 2 aromatic carbocycles. The summed E-state index contributed by atoms with van der Waals surface area (Å²) >= 11 is 0. The molecule has 0 bridgehead atoms. The van der Waals surface area contributed by atoms with Crippen LogP contribution in [0.5, 0.6) is 5.75 Å². The molecule has 194 valence electrons. The lowest BCUT2D eigenvalue weighted by atomic mass is 9.69. The van der Waals surface area contributed by atoms with Crippen LogP contribution < -0.4 is 4.74 Å². The monoisotopic (exact) mass is 482 g/mol. The number of ether oxygens (including phenoxy) is 1. The molecule has 4 heteroatoms. The van der Waals surface area contributed by atoms with Gasteiger partial charge in [-0.15, -0.1) is 0 Å². The van der Waals surface area contributed by atoms with Crippen molar-refractivity contribution in [2.45, 2.75) is 105 Å². The SMILES string of the molecule is CCC(CC)(c1ccc(CCC(O)C(C)(C)C)c(C)c1)c1ccc(OCCCCC(=O)O)c(C)c1. The first-order valence-electron chi connectivity index (χ1n) is 13.2. The van der Waals surface area contributed by atoms with Gasteiger partial charge in [0.15, 0.2) is 0 Å². The second kappa shape index (κ2) is 12.6. The summed E-state index contributed by atoms with van der Waals surface area (Å²) in [5.41, 5.74) is 6.17. The van der Waals surface area contributed by atoms with Crippen LogP contribution in [-0.2, 0) is 16.6 Å². The molecule has 4 nitrogen and oxygen atoms in total. The number of aliphatic carboxylic acids is 1. The molecule has 2 N–H and O–H groups in total. The Bertz CT molecular complexity index is 966. The minimum absolute atomic E-state index is 0.0704. The smallest absolute Gasteiger partial charge is 0.303 e. The van der Waals surface area contributed by atoms with Gasteiger partial charge in [-0.2, -0.15) is 0 Å². The number of carbonyl (C=O) groups is 1. The molecule has 0 heterocycles. The zero-order valence-electron chi connectivity index (χ0n) is 22.9. The van der Waals surface area contributed by atoms with Gasteiger partial charge >= 0.3 is 5.97 Å². The topological polar surface area (TPSA) is 66.8 Å². The van der Waals surface area contributed by atoms with Crippen molar-refractivity contribution < 1.29 is 19.7 Å². The molecular weight excluding hydrogens is 436 g/mol. The van der Waals surface area contributed by atoms with Crippen LogP contribution in [0.2, 0.25) is 0 Å². The van der Waals surface area contributed by atoms with Crippen molar-refractivity contribution in [2.24, 2.45) is 5.41 Å². The van der Waals surface area contributed by atoms with Gasteiger partial charge in [-0.25, -0.2) is 0 Å². The molecule has 0 amide bonds. The summed E-state index contributed by atoms with van der Waals surface area (Å²) < 4.78 is 5.95. The van der Waals surface area contributed by atoms with E-state index in [1.54, 1.807) is 0 Å².